The van der Waals surface area contributed by atoms with Gasteiger partial charge in [-0.15, -0.1) is 0 Å². The summed E-state index contributed by atoms with van der Waals surface area (Å²) in [6.07, 6.45) is 0.00336. The lowest BCUT2D eigenvalue weighted by Gasteiger charge is -2.14. The minimum Gasteiger partial charge on any atom is -0.340 e. The molecule has 3 N–H and O–H groups in total. The van der Waals surface area contributed by atoms with Gasteiger partial charge in [-0.05, 0) is 36.8 Å². The van der Waals surface area contributed by atoms with Crippen molar-refractivity contribution >= 4 is 40.7 Å². The van der Waals surface area contributed by atoms with E-state index in [9.17, 15) is 18.8 Å². The van der Waals surface area contributed by atoms with Crippen LogP contribution in [0.3, 0.4) is 0 Å². The monoisotopic (exact) mass is 375 g/mol. The number of anilines is 2. The zero-order valence-corrected chi connectivity index (χ0v) is 14.3. The van der Waals surface area contributed by atoms with E-state index in [1.165, 1.54) is 12.1 Å². The van der Waals surface area contributed by atoms with Gasteiger partial charge in [-0.2, -0.15) is 0 Å². The Balaban J connectivity index is 1.61. The molecule has 0 fully saturated rings. The molecule has 0 saturated carbocycles. The number of hydrogen-bond acceptors (Lipinski definition) is 3. The van der Waals surface area contributed by atoms with Crippen molar-refractivity contribution in [2.75, 3.05) is 10.6 Å². The maximum Gasteiger partial charge on any atom is 0.254 e. The third-order valence-electron chi connectivity index (χ3n) is 3.92. The molecule has 0 bridgehead atoms. The van der Waals surface area contributed by atoms with Crippen LogP contribution in [0.15, 0.2) is 42.5 Å². The maximum absolute atomic E-state index is 13.7. The maximum atomic E-state index is 13.7. The summed E-state index contributed by atoms with van der Waals surface area (Å²) < 4.78 is 13.7. The normalized spacial score (nSPS) is 16.2. The predicted molar refractivity (Wildman–Crippen MR) is 95.6 cm³/mol. The Morgan fingerprint density at radius 2 is 1.96 bits per heavy atom. The Morgan fingerprint density at radius 1 is 1.19 bits per heavy atom. The van der Waals surface area contributed by atoms with Gasteiger partial charge in [0.2, 0.25) is 11.8 Å². The zero-order valence-electron chi connectivity index (χ0n) is 13.5. The van der Waals surface area contributed by atoms with E-state index in [1.807, 2.05) is 0 Å². The second-order valence-electron chi connectivity index (χ2n) is 5.77. The highest BCUT2D eigenvalue weighted by Gasteiger charge is 2.27. The van der Waals surface area contributed by atoms with Crippen LogP contribution in [0, 0.1) is 5.82 Å². The third-order valence-corrected chi connectivity index (χ3v) is 4.15. The van der Waals surface area contributed by atoms with E-state index in [-0.39, 0.29) is 23.6 Å². The molecule has 2 aromatic carbocycles. The summed E-state index contributed by atoms with van der Waals surface area (Å²) in [5.41, 5.74) is 0.780. The second-order valence-corrected chi connectivity index (χ2v) is 6.21. The number of para-hydroxylation sites is 1. The van der Waals surface area contributed by atoms with Crippen molar-refractivity contribution in [3.05, 3.63) is 58.9 Å². The summed E-state index contributed by atoms with van der Waals surface area (Å²) in [5.74, 6) is -1.93. The number of rotatable bonds is 4. The first-order valence-electron chi connectivity index (χ1n) is 7.89. The van der Waals surface area contributed by atoms with Crippen LogP contribution in [0.2, 0.25) is 5.02 Å². The number of benzene rings is 2. The highest BCUT2D eigenvalue weighted by Crippen LogP contribution is 2.21. The number of fused-ring (bicyclic) bond motifs is 1. The molecule has 1 aliphatic heterocycles. The molecule has 0 aromatic heterocycles. The van der Waals surface area contributed by atoms with E-state index < -0.39 is 29.6 Å². The predicted octanol–water partition coefficient (Wildman–Crippen LogP) is 2.95. The number of halogens is 2. The summed E-state index contributed by atoms with van der Waals surface area (Å²) in [6.45, 7) is 0. The van der Waals surface area contributed by atoms with Crippen LogP contribution in [-0.4, -0.2) is 23.8 Å². The molecule has 0 spiro atoms. The van der Waals surface area contributed by atoms with E-state index >= 15 is 0 Å². The molecule has 1 unspecified atom stereocenters. The molecule has 0 aliphatic carbocycles. The second kappa shape index (κ2) is 7.53. The van der Waals surface area contributed by atoms with Crippen LogP contribution >= 0.6 is 11.6 Å². The standard InChI is InChI=1S/C18H15ClFN3O3/c19-10-5-6-14(12(20)9-10)21-16(24)8-7-15-18(26)22-13-4-2-1-3-11(13)17(25)23-15/h1-6,9,15H,7-8H2,(H,21,24)(H,22,26)(H,23,25). The number of nitrogens with one attached hydrogen (secondary N) is 3. The molecule has 1 heterocycles. The van der Waals surface area contributed by atoms with Gasteiger partial charge in [0, 0.05) is 11.4 Å². The first kappa shape index (κ1) is 17.9. The van der Waals surface area contributed by atoms with E-state index in [1.54, 1.807) is 24.3 Å². The fourth-order valence-corrected chi connectivity index (χ4v) is 2.75. The molecule has 1 atom stereocenters. The molecular weight excluding hydrogens is 361 g/mol. The first-order valence-corrected chi connectivity index (χ1v) is 8.27. The first-order chi connectivity index (χ1) is 12.4. The van der Waals surface area contributed by atoms with Crippen molar-refractivity contribution in [3.63, 3.8) is 0 Å². The largest absolute Gasteiger partial charge is 0.340 e. The Kier molecular flexibility index (Phi) is 5.18. The van der Waals surface area contributed by atoms with E-state index in [0.29, 0.717) is 11.3 Å². The van der Waals surface area contributed by atoms with Gasteiger partial charge in [0.05, 0.1) is 16.9 Å². The molecule has 3 amide bonds. The summed E-state index contributed by atoms with van der Waals surface area (Å²) in [4.78, 5) is 36.5. The van der Waals surface area contributed by atoms with Crippen LogP contribution in [0.4, 0.5) is 15.8 Å². The topological polar surface area (TPSA) is 87.3 Å². The summed E-state index contributed by atoms with van der Waals surface area (Å²) in [5, 5.41) is 7.90. The van der Waals surface area contributed by atoms with Gasteiger partial charge in [-0.3, -0.25) is 14.4 Å². The molecule has 2 aromatic rings. The Hall–Kier alpha value is -2.93. The van der Waals surface area contributed by atoms with Crippen LogP contribution in [0.5, 0.6) is 0 Å². The van der Waals surface area contributed by atoms with E-state index in [4.69, 9.17) is 11.6 Å². The molecule has 134 valence electrons. The van der Waals surface area contributed by atoms with Crippen molar-refractivity contribution in [1.82, 2.24) is 5.32 Å². The molecule has 26 heavy (non-hydrogen) atoms. The molecule has 0 radical (unpaired) electrons. The van der Waals surface area contributed by atoms with Crippen LogP contribution in [-0.2, 0) is 9.59 Å². The highest BCUT2D eigenvalue weighted by atomic mass is 35.5. The van der Waals surface area contributed by atoms with Gasteiger partial charge in [-0.25, -0.2) is 4.39 Å². The summed E-state index contributed by atoms with van der Waals surface area (Å²) >= 11 is 5.66. The number of carbonyl (C=O) groups excluding carboxylic acids is 3. The van der Waals surface area contributed by atoms with Crippen molar-refractivity contribution in [2.45, 2.75) is 18.9 Å². The van der Waals surface area contributed by atoms with Crippen molar-refractivity contribution in [2.24, 2.45) is 0 Å². The van der Waals surface area contributed by atoms with Crippen LogP contribution in [0.25, 0.3) is 0 Å². The third kappa shape index (κ3) is 4.00. The van der Waals surface area contributed by atoms with Gasteiger partial charge in [0.15, 0.2) is 0 Å². The summed E-state index contributed by atoms with van der Waals surface area (Å²) in [7, 11) is 0. The van der Waals surface area contributed by atoms with Gasteiger partial charge in [0.1, 0.15) is 11.9 Å². The van der Waals surface area contributed by atoms with Gasteiger partial charge in [0.25, 0.3) is 5.91 Å². The SMILES string of the molecule is O=C(CCC1NC(=O)c2ccccc2NC1=O)Nc1ccc(Cl)cc1F. The molecular formula is C18H15ClFN3O3. The van der Waals surface area contributed by atoms with Gasteiger partial charge < -0.3 is 16.0 Å². The minimum absolute atomic E-state index is 0.00107. The summed E-state index contributed by atoms with van der Waals surface area (Å²) in [6, 6.07) is 9.67. The lowest BCUT2D eigenvalue weighted by atomic mass is 10.1. The lowest BCUT2D eigenvalue weighted by molar-refractivity contribution is -0.118. The molecule has 6 nitrogen and oxygen atoms in total. The Bertz CT molecular complexity index is 888. The Labute approximate surface area is 153 Å². The van der Waals surface area contributed by atoms with E-state index in [0.717, 1.165) is 6.07 Å². The molecule has 1 aliphatic rings. The van der Waals surface area contributed by atoms with Gasteiger partial charge in [-0.1, -0.05) is 23.7 Å². The molecule has 0 saturated heterocycles. The van der Waals surface area contributed by atoms with Crippen molar-refractivity contribution in [3.8, 4) is 0 Å². The minimum atomic E-state index is -0.865. The number of amides is 3. The average Bonchev–Trinajstić information content (AvgIpc) is 2.72. The molecule has 3 rings (SSSR count). The van der Waals surface area contributed by atoms with Gasteiger partial charge >= 0.3 is 0 Å². The van der Waals surface area contributed by atoms with Crippen LogP contribution in [0.1, 0.15) is 23.2 Å². The fourth-order valence-electron chi connectivity index (χ4n) is 2.59. The van der Waals surface area contributed by atoms with E-state index in [2.05, 4.69) is 16.0 Å². The number of hydrogen-bond donors (Lipinski definition) is 3. The lowest BCUT2D eigenvalue weighted by Crippen LogP contribution is -2.41. The van der Waals surface area contributed by atoms with Crippen molar-refractivity contribution in [1.29, 1.82) is 0 Å². The Morgan fingerprint density at radius 3 is 2.73 bits per heavy atom. The molecule has 8 heteroatoms. The smallest absolute Gasteiger partial charge is 0.254 e. The quantitative estimate of drug-likeness (QED) is 0.767. The highest BCUT2D eigenvalue weighted by molar-refractivity contribution is 6.30. The van der Waals surface area contributed by atoms with Crippen molar-refractivity contribution < 1.29 is 18.8 Å². The average molecular weight is 376 g/mol. The number of carbonyl (C=O) groups is 3. The fraction of sp³-hybridized carbons (Fsp3) is 0.167. The zero-order chi connectivity index (χ0) is 18.7. The van der Waals surface area contributed by atoms with Crippen LogP contribution < -0.4 is 16.0 Å².